The van der Waals surface area contributed by atoms with E-state index in [1.54, 1.807) is 5.51 Å². The highest BCUT2D eigenvalue weighted by Crippen LogP contribution is 2.35. The van der Waals surface area contributed by atoms with Crippen molar-refractivity contribution in [2.75, 3.05) is 34.4 Å². The van der Waals surface area contributed by atoms with E-state index < -0.39 is 0 Å². The summed E-state index contributed by atoms with van der Waals surface area (Å²) in [4.78, 5) is 24.0. The molecule has 1 aliphatic carbocycles. The predicted octanol–water partition coefficient (Wildman–Crippen LogP) is 6.35. The van der Waals surface area contributed by atoms with Gasteiger partial charge in [0.05, 0.1) is 12.8 Å². The zero-order valence-corrected chi connectivity index (χ0v) is 25.7. The van der Waals surface area contributed by atoms with Gasteiger partial charge in [-0.25, -0.2) is 0 Å². The predicted molar refractivity (Wildman–Crippen MR) is 172 cm³/mol. The van der Waals surface area contributed by atoms with E-state index in [1.165, 1.54) is 54.8 Å². The standard InChI is InChI=1S/C18H24N4OS.C12H14N4OS/c1-2-19-15-10-6-7-13(11-15)12-16(23)20-18-22-21-17(24-18)14-8-4-3-5-9-14;1-2-13-10-5-3-4-9(6-10)7-11(17)15-12-16-14-8-18-12/h6-7,10-11,14,19H,2-5,8-9,12H2,1H3,(H,20,22,23);3-6,8,13H,2,7H2,1H3,(H,15,16,17). The van der Waals surface area contributed by atoms with E-state index in [2.05, 4.69) is 48.6 Å². The second kappa shape index (κ2) is 16.5. The number of rotatable bonds is 11. The Balaban J connectivity index is 0.000000201. The summed E-state index contributed by atoms with van der Waals surface area (Å²) < 4.78 is 0. The summed E-state index contributed by atoms with van der Waals surface area (Å²) in [5.74, 6) is 0.397. The van der Waals surface area contributed by atoms with Crippen molar-refractivity contribution in [2.45, 2.75) is 64.7 Å². The van der Waals surface area contributed by atoms with E-state index in [4.69, 9.17) is 0 Å². The fraction of sp³-hybridized carbons (Fsp3) is 0.400. The van der Waals surface area contributed by atoms with Crippen LogP contribution in [0.2, 0.25) is 0 Å². The molecular weight excluding hydrogens is 569 g/mol. The Labute approximate surface area is 254 Å². The zero-order valence-electron chi connectivity index (χ0n) is 24.1. The van der Waals surface area contributed by atoms with Gasteiger partial charge in [0.15, 0.2) is 0 Å². The minimum atomic E-state index is -0.0830. The molecule has 0 atom stereocenters. The summed E-state index contributed by atoms with van der Waals surface area (Å²) in [6.45, 7) is 5.82. The van der Waals surface area contributed by atoms with Crippen LogP contribution < -0.4 is 21.3 Å². The van der Waals surface area contributed by atoms with Gasteiger partial charge in [-0.1, -0.05) is 66.2 Å². The lowest BCUT2D eigenvalue weighted by molar-refractivity contribution is -0.116. The molecule has 0 bridgehead atoms. The third-order valence-electron chi connectivity index (χ3n) is 6.59. The van der Waals surface area contributed by atoms with Gasteiger partial charge in [-0.15, -0.1) is 20.4 Å². The first-order valence-corrected chi connectivity index (χ1v) is 16.1. The molecule has 0 unspecified atom stereocenters. The molecule has 2 aromatic heterocycles. The third-order valence-corrected chi connectivity index (χ3v) is 8.20. The number of aromatic nitrogens is 4. The Kier molecular flexibility index (Phi) is 12.2. The Hall–Kier alpha value is -3.90. The SMILES string of the molecule is CCNc1cccc(CC(=O)Nc2nnc(C3CCCCC3)s2)c1.CCNc1cccc(CC(=O)Nc2nncs2)c1. The number of carbonyl (C=O) groups is 2. The van der Waals surface area contributed by atoms with Gasteiger partial charge in [0.1, 0.15) is 10.5 Å². The number of hydrogen-bond acceptors (Lipinski definition) is 10. The van der Waals surface area contributed by atoms with Crippen LogP contribution in [0, 0.1) is 0 Å². The third kappa shape index (κ3) is 10.2. The van der Waals surface area contributed by atoms with Crippen molar-refractivity contribution in [1.29, 1.82) is 0 Å². The first-order valence-electron chi connectivity index (χ1n) is 14.4. The maximum atomic E-state index is 12.2. The molecule has 2 heterocycles. The van der Waals surface area contributed by atoms with Crippen LogP contribution in [0.15, 0.2) is 54.0 Å². The van der Waals surface area contributed by atoms with Gasteiger partial charge in [0.25, 0.3) is 0 Å². The molecule has 42 heavy (non-hydrogen) atoms. The molecule has 5 rings (SSSR count). The molecule has 4 aromatic rings. The van der Waals surface area contributed by atoms with Crippen molar-refractivity contribution in [3.8, 4) is 0 Å². The lowest BCUT2D eigenvalue weighted by atomic mass is 9.90. The summed E-state index contributed by atoms with van der Waals surface area (Å²) in [5, 5.41) is 30.1. The molecule has 0 saturated heterocycles. The molecule has 0 spiro atoms. The van der Waals surface area contributed by atoms with Crippen molar-refractivity contribution in [3.63, 3.8) is 0 Å². The van der Waals surface area contributed by atoms with Crippen LogP contribution in [0.4, 0.5) is 21.6 Å². The number of carbonyl (C=O) groups excluding carboxylic acids is 2. The molecule has 222 valence electrons. The number of anilines is 4. The van der Waals surface area contributed by atoms with Crippen LogP contribution in [0.1, 0.15) is 68.0 Å². The van der Waals surface area contributed by atoms with Crippen LogP contribution in [0.3, 0.4) is 0 Å². The average Bonchev–Trinajstić information content (AvgIpc) is 3.67. The molecule has 0 aliphatic heterocycles. The second-order valence-electron chi connectivity index (χ2n) is 9.94. The minimum absolute atomic E-state index is 0.0463. The van der Waals surface area contributed by atoms with E-state index >= 15 is 0 Å². The van der Waals surface area contributed by atoms with Crippen molar-refractivity contribution in [2.24, 2.45) is 0 Å². The number of hydrogen-bond donors (Lipinski definition) is 4. The van der Waals surface area contributed by atoms with Crippen LogP contribution in [0.5, 0.6) is 0 Å². The average molecular weight is 607 g/mol. The largest absolute Gasteiger partial charge is 0.385 e. The smallest absolute Gasteiger partial charge is 0.230 e. The van der Waals surface area contributed by atoms with Crippen LogP contribution >= 0.6 is 22.7 Å². The summed E-state index contributed by atoms with van der Waals surface area (Å²) >= 11 is 2.83. The maximum Gasteiger partial charge on any atom is 0.230 e. The van der Waals surface area contributed by atoms with Crippen LogP contribution in [-0.4, -0.2) is 45.3 Å². The Morgan fingerprint density at radius 1 is 0.786 bits per heavy atom. The van der Waals surface area contributed by atoms with Gasteiger partial charge in [-0.05, 0) is 62.1 Å². The highest BCUT2D eigenvalue weighted by molar-refractivity contribution is 7.15. The maximum absolute atomic E-state index is 12.2. The molecule has 10 nitrogen and oxygen atoms in total. The van der Waals surface area contributed by atoms with Crippen molar-refractivity contribution in [3.05, 3.63) is 70.2 Å². The molecule has 2 amide bonds. The van der Waals surface area contributed by atoms with Crippen molar-refractivity contribution in [1.82, 2.24) is 20.4 Å². The normalized spacial score (nSPS) is 13.0. The molecule has 1 saturated carbocycles. The quantitative estimate of drug-likeness (QED) is 0.155. The number of nitrogens with zero attached hydrogens (tertiary/aromatic N) is 4. The molecule has 0 radical (unpaired) electrons. The first kappa shape index (κ1) is 31.0. The van der Waals surface area contributed by atoms with Gasteiger partial charge < -0.3 is 21.3 Å². The fourth-order valence-electron chi connectivity index (χ4n) is 4.72. The fourth-order valence-corrected chi connectivity index (χ4v) is 6.11. The minimum Gasteiger partial charge on any atom is -0.385 e. The molecule has 4 N–H and O–H groups in total. The molecule has 2 aromatic carbocycles. The Morgan fingerprint density at radius 2 is 1.38 bits per heavy atom. The van der Waals surface area contributed by atoms with Gasteiger partial charge in [-0.2, -0.15) is 0 Å². The monoisotopic (exact) mass is 606 g/mol. The number of nitrogens with one attached hydrogen (secondary N) is 4. The van der Waals surface area contributed by atoms with E-state index in [9.17, 15) is 9.59 Å². The summed E-state index contributed by atoms with van der Waals surface area (Å²) in [7, 11) is 0. The summed E-state index contributed by atoms with van der Waals surface area (Å²) in [6, 6.07) is 15.8. The second-order valence-corrected chi connectivity index (χ2v) is 11.8. The molecule has 1 aliphatic rings. The van der Waals surface area contributed by atoms with Crippen LogP contribution in [-0.2, 0) is 22.4 Å². The highest BCUT2D eigenvalue weighted by atomic mass is 32.1. The van der Waals surface area contributed by atoms with E-state index in [-0.39, 0.29) is 11.8 Å². The van der Waals surface area contributed by atoms with Crippen LogP contribution in [0.25, 0.3) is 0 Å². The van der Waals surface area contributed by atoms with E-state index in [0.29, 0.717) is 29.0 Å². The van der Waals surface area contributed by atoms with Gasteiger partial charge in [-0.3, -0.25) is 9.59 Å². The molecule has 12 heteroatoms. The lowest BCUT2D eigenvalue weighted by Crippen LogP contribution is -2.14. The highest BCUT2D eigenvalue weighted by Gasteiger charge is 2.20. The molecule has 1 fully saturated rings. The van der Waals surface area contributed by atoms with E-state index in [0.717, 1.165) is 40.6 Å². The van der Waals surface area contributed by atoms with Crippen molar-refractivity contribution >= 4 is 56.1 Å². The Morgan fingerprint density at radius 3 is 1.93 bits per heavy atom. The zero-order chi connectivity index (χ0) is 29.6. The topological polar surface area (TPSA) is 134 Å². The van der Waals surface area contributed by atoms with Crippen molar-refractivity contribution < 1.29 is 9.59 Å². The molecular formula is C30H38N8O2S2. The van der Waals surface area contributed by atoms with E-state index in [1.807, 2.05) is 55.5 Å². The number of benzene rings is 2. The summed E-state index contributed by atoms with van der Waals surface area (Å²) in [6.07, 6.45) is 6.93. The van der Waals surface area contributed by atoms with Gasteiger partial charge in [0, 0.05) is 30.4 Å². The first-order chi connectivity index (χ1) is 20.5. The van der Waals surface area contributed by atoms with Gasteiger partial charge in [0.2, 0.25) is 22.1 Å². The van der Waals surface area contributed by atoms with Gasteiger partial charge >= 0.3 is 0 Å². The number of amides is 2. The summed E-state index contributed by atoms with van der Waals surface area (Å²) in [5.41, 5.74) is 5.61. The lowest BCUT2D eigenvalue weighted by Gasteiger charge is -2.18. The Bertz CT molecular complexity index is 1400.